The zero-order valence-electron chi connectivity index (χ0n) is 19.4. The van der Waals surface area contributed by atoms with Crippen LogP contribution in [0.15, 0.2) is 67.3 Å². The molecule has 174 valence electrons. The maximum atomic E-state index is 4.86. The van der Waals surface area contributed by atoms with Crippen molar-refractivity contribution in [2.75, 3.05) is 36.4 Å². The first kappa shape index (κ1) is 21.2. The number of hydrogen-bond acceptors (Lipinski definition) is 8. The molecular weight excluding hydrogens is 438 g/mol. The van der Waals surface area contributed by atoms with Gasteiger partial charge in [-0.3, -0.25) is 9.97 Å². The van der Waals surface area contributed by atoms with Crippen molar-refractivity contribution in [2.45, 2.75) is 6.92 Å². The van der Waals surface area contributed by atoms with Crippen LogP contribution in [-0.2, 0) is 0 Å². The van der Waals surface area contributed by atoms with Crippen LogP contribution in [0.1, 0.15) is 5.69 Å². The fraction of sp³-hybridized carbons (Fsp3) is 0.192. The number of hydrogen-bond donors (Lipinski definition) is 3. The molecule has 0 unspecified atom stereocenters. The van der Waals surface area contributed by atoms with Crippen LogP contribution in [0.4, 0.5) is 17.2 Å². The molecule has 0 aromatic carbocycles. The van der Waals surface area contributed by atoms with Gasteiger partial charge in [-0.15, -0.1) is 0 Å². The third-order valence-corrected chi connectivity index (χ3v) is 6.07. The van der Waals surface area contributed by atoms with E-state index in [1.54, 1.807) is 12.5 Å². The van der Waals surface area contributed by atoms with Crippen LogP contribution < -0.4 is 15.5 Å². The second-order valence-corrected chi connectivity index (χ2v) is 8.51. The van der Waals surface area contributed by atoms with Crippen LogP contribution in [0.3, 0.4) is 0 Å². The van der Waals surface area contributed by atoms with Crippen molar-refractivity contribution in [3.8, 4) is 22.8 Å². The first-order chi connectivity index (χ1) is 17.2. The number of anilines is 3. The number of nitrogens with one attached hydrogen (secondary N) is 3. The summed E-state index contributed by atoms with van der Waals surface area (Å²) in [5.41, 5.74) is 7.69. The fourth-order valence-electron chi connectivity index (χ4n) is 4.29. The largest absolute Gasteiger partial charge is 0.368 e. The van der Waals surface area contributed by atoms with Gasteiger partial charge in [0.05, 0.1) is 58.2 Å². The van der Waals surface area contributed by atoms with Crippen LogP contribution in [0.5, 0.6) is 0 Å². The summed E-state index contributed by atoms with van der Waals surface area (Å²) in [6.07, 6.45) is 5.38. The van der Waals surface area contributed by atoms with Gasteiger partial charge < -0.3 is 20.5 Å². The minimum atomic E-state index is 0.758. The summed E-state index contributed by atoms with van der Waals surface area (Å²) in [7, 11) is 0. The molecule has 5 aromatic rings. The Bertz CT molecular complexity index is 1470. The van der Waals surface area contributed by atoms with Gasteiger partial charge in [-0.05, 0) is 49.4 Å². The number of H-pyrrole nitrogens is 1. The molecule has 9 heteroatoms. The normalized spacial score (nSPS) is 13.8. The molecule has 3 N–H and O–H groups in total. The van der Waals surface area contributed by atoms with Gasteiger partial charge in [0, 0.05) is 31.9 Å². The number of aromatic nitrogens is 6. The predicted octanol–water partition coefficient (Wildman–Crippen LogP) is 3.94. The molecule has 0 amide bonds. The molecular formula is C26H25N9. The molecule has 6 heterocycles. The standard InChI is InChI=1S/C26H25N9/c1-17-3-2-4-21(32-17)25-26(31-16-30-25)22-7-6-20-23(34-22)13-18(14-28-20)33-24-8-5-19(15-29-24)35-11-9-27-10-12-35/h2-8,13-16,27H,9-12H2,1H3,(H,29,33)(H,30,31). The predicted molar refractivity (Wildman–Crippen MR) is 138 cm³/mol. The van der Waals surface area contributed by atoms with Crippen molar-refractivity contribution in [3.63, 3.8) is 0 Å². The topological polar surface area (TPSA) is 108 Å². The molecule has 0 aliphatic carbocycles. The summed E-state index contributed by atoms with van der Waals surface area (Å²) in [5, 5.41) is 6.72. The number of nitrogens with zero attached hydrogens (tertiary/aromatic N) is 6. The van der Waals surface area contributed by atoms with Gasteiger partial charge in [0.15, 0.2) is 0 Å². The lowest BCUT2D eigenvalue weighted by atomic mass is 10.1. The van der Waals surface area contributed by atoms with E-state index >= 15 is 0 Å². The van der Waals surface area contributed by atoms with Crippen molar-refractivity contribution in [2.24, 2.45) is 0 Å². The highest BCUT2D eigenvalue weighted by molar-refractivity contribution is 5.83. The zero-order chi connectivity index (χ0) is 23.6. The quantitative estimate of drug-likeness (QED) is 0.360. The number of piperazine rings is 1. The fourth-order valence-corrected chi connectivity index (χ4v) is 4.29. The Morgan fingerprint density at radius 2 is 1.77 bits per heavy atom. The van der Waals surface area contributed by atoms with E-state index in [0.717, 1.165) is 82.9 Å². The van der Waals surface area contributed by atoms with E-state index in [9.17, 15) is 0 Å². The molecule has 1 saturated heterocycles. The SMILES string of the molecule is Cc1cccc(-c2[nH]cnc2-c2ccc3ncc(Nc4ccc(N5CCNCC5)cn4)cc3n2)n1. The van der Waals surface area contributed by atoms with E-state index in [2.05, 4.69) is 46.5 Å². The highest BCUT2D eigenvalue weighted by atomic mass is 15.2. The Morgan fingerprint density at radius 3 is 2.60 bits per heavy atom. The van der Waals surface area contributed by atoms with Crippen molar-refractivity contribution >= 4 is 28.2 Å². The van der Waals surface area contributed by atoms with Crippen LogP contribution in [0, 0.1) is 6.92 Å². The third kappa shape index (κ3) is 4.41. The van der Waals surface area contributed by atoms with Crippen LogP contribution in [0.25, 0.3) is 33.8 Å². The first-order valence-electron chi connectivity index (χ1n) is 11.7. The molecule has 1 fully saturated rings. The van der Waals surface area contributed by atoms with E-state index in [-0.39, 0.29) is 0 Å². The highest BCUT2D eigenvalue weighted by Gasteiger charge is 2.14. The van der Waals surface area contributed by atoms with Crippen LogP contribution in [-0.4, -0.2) is 56.1 Å². The molecule has 9 nitrogen and oxygen atoms in total. The Labute approximate surface area is 202 Å². The molecule has 0 bridgehead atoms. The molecule has 0 radical (unpaired) electrons. The molecule has 1 aliphatic heterocycles. The first-order valence-corrected chi connectivity index (χ1v) is 11.7. The Kier molecular flexibility index (Phi) is 5.51. The molecule has 5 aromatic heterocycles. The van der Waals surface area contributed by atoms with E-state index in [4.69, 9.17) is 4.98 Å². The van der Waals surface area contributed by atoms with Gasteiger partial charge in [0.25, 0.3) is 0 Å². The number of imidazole rings is 1. The van der Waals surface area contributed by atoms with Gasteiger partial charge in [0.2, 0.25) is 0 Å². The van der Waals surface area contributed by atoms with Crippen LogP contribution in [0.2, 0.25) is 0 Å². The van der Waals surface area contributed by atoms with E-state index < -0.39 is 0 Å². The van der Waals surface area contributed by atoms with Crippen molar-refractivity contribution in [3.05, 3.63) is 72.9 Å². The highest BCUT2D eigenvalue weighted by Crippen LogP contribution is 2.28. The summed E-state index contributed by atoms with van der Waals surface area (Å²) < 4.78 is 0. The summed E-state index contributed by atoms with van der Waals surface area (Å²) in [6.45, 7) is 5.96. The van der Waals surface area contributed by atoms with E-state index in [1.165, 1.54) is 0 Å². The van der Waals surface area contributed by atoms with Gasteiger partial charge in [0.1, 0.15) is 11.5 Å². The molecule has 6 rings (SSSR count). The van der Waals surface area contributed by atoms with Gasteiger partial charge in [-0.2, -0.15) is 0 Å². The average Bonchev–Trinajstić information content (AvgIpc) is 3.39. The smallest absolute Gasteiger partial charge is 0.130 e. The molecule has 1 aliphatic rings. The number of rotatable bonds is 5. The maximum absolute atomic E-state index is 4.86. The summed E-state index contributed by atoms with van der Waals surface area (Å²) in [6, 6.07) is 15.9. The lowest BCUT2D eigenvalue weighted by Crippen LogP contribution is -2.43. The Balaban J connectivity index is 1.26. The monoisotopic (exact) mass is 463 g/mol. The molecule has 35 heavy (non-hydrogen) atoms. The van der Waals surface area contributed by atoms with Crippen molar-refractivity contribution < 1.29 is 0 Å². The molecule has 0 saturated carbocycles. The second-order valence-electron chi connectivity index (χ2n) is 8.51. The van der Waals surface area contributed by atoms with Crippen molar-refractivity contribution in [1.82, 2.24) is 35.2 Å². The number of fused-ring (bicyclic) bond motifs is 1. The van der Waals surface area contributed by atoms with Crippen molar-refractivity contribution in [1.29, 1.82) is 0 Å². The second kappa shape index (κ2) is 9.11. The Morgan fingerprint density at radius 1 is 0.857 bits per heavy atom. The minimum absolute atomic E-state index is 0.758. The van der Waals surface area contributed by atoms with Gasteiger partial charge in [-0.25, -0.2) is 15.0 Å². The lowest BCUT2D eigenvalue weighted by molar-refractivity contribution is 0.589. The minimum Gasteiger partial charge on any atom is -0.368 e. The summed E-state index contributed by atoms with van der Waals surface area (Å²) in [4.78, 5) is 28.7. The van der Waals surface area contributed by atoms with E-state index in [1.807, 2.05) is 55.6 Å². The third-order valence-electron chi connectivity index (χ3n) is 6.07. The molecule has 0 spiro atoms. The lowest BCUT2D eigenvalue weighted by Gasteiger charge is -2.29. The van der Waals surface area contributed by atoms with E-state index in [0.29, 0.717) is 0 Å². The van der Waals surface area contributed by atoms with Gasteiger partial charge >= 0.3 is 0 Å². The number of aromatic amines is 1. The zero-order valence-corrected chi connectivity index (χ0v) is 19.4. The number of aryl methyl sites for hydroxylation is 1. The summed E-state index contributed by atoms with van der Waals surface area (Å²) in [5.74, 6) is 0.765. The maximum Gasteiger partial charge on any atom is 0.130 e. The Hall–Kier alpha value is -4.37. The van der Waals surface area contributed by atoms with Gasteiger partial charge in [-0.1, -0.05) is 6.07 Å². The molecule has 0 atom stereocenters. The summed E-state index contributed by atoms with van der Waals surface area (Å²) >= 11 is 0. The number of pyridine rings is 4. The van der Waals surface area contributed by atoms with Crippen LogP contribution >= 0.6 is 0 Å². The average molecular weight is 464 g/mol.